The van der Waals surface area contributed by atoms with E-state index in [0.717, 1.165) is 10.5 Å². The number of carboxylic acid groups (broad SMARTS) is 1. The number of amides is 1. The van der Waals surface area contributed by atoms with Gasteiger partial charge in [-0.15, -0.1) is 0 Å². The van der Waals surface area contributed by atoms with Crippen LogP contribution in [-0.4, -0.2) is 56.8 Å². The Hall–Kier alpha value is -2.12. The van der Waals surface area contributed by atoms with Crippen molar-refractivity contribution in [2.75, 3.05) is 6.54 Å². The molecule has 1 fully saturated rings. The summed E-state index contributed by atoms with van der Waals surface area (Å²) in [6.07, 6.45) is -0.582. The van der Waals surface area contributed by atoms with Crippen molar-refractivity contribution in [3.05, 3.63) is 29.8 Å². The second kappa shape index (κ2) is 6.11. The van der Waals surface area contributed by atoms with Crippen LogP contribution in [-0.2, 0) is 16.0 Å². The summed E-state index contributed by atoms with van der Waals surface area (Å²) in [6, 6.07) is 4.37. The molecular formula is C14H18N2O5. The van der Waals surface area contributed by atoms with Gasteiger partial charge in [0.25, 0.3) is 0 Å². The van der Waals surface area contributed by atoms with Gasteiger partial charge in [0.2, 0.25) is 5.91 Å². The number of aliphatic hydroxyl groups is 1. The molecule has 5 N–H and O–H groups in total. The number of β-amino-alcohol motifs (C(OH)–C–C–N with tert-alkyl or cyclic N) is 1. The molecule has 0 saturated carbocycles. The van der Waals surface area contributed by atoms with Crippen molar-refractivity contribution >= 4 is 11.9 Å². The zero-order chi connectivity index (χ0) is 15.6. The summed E-state index contributed by atoms with van der Waals surface area (Å²) in [6.45, 7) is -0.0148. The van der Waals surface area contributed by atoms with Crippen LogP contribution in [0, 0.1) is 0 Å². The van der Waals surface area contributed by atoms with Gasteiger partial charge in [-0.25, -0.2) is 4.79 Å². The van der Waals surface area contributed by atoms with Crippen LogP contribution in [0.15, 0.2) is 24.3 Å². The third-order valence-corrected chi connectivity index (χ3v) is 3.56. The van der Waals surface area contributed by atoms with Gasteiger partial charge in [-0.2, -0.15) is 0 Å². The van der Waals surface area contributed by atoms with Crippen LogP contribution in [0.25, 0.3) is 0 Å². The van der Waals surface area contributed by atoms with E-state index in [1.807, 2.05) is 0 Å². The standard InChI is InChI=1S/C14H18N2O5/c15-11(5-8-1-3-9(17)4-2-8)13(19)16-7-10(18)6-12(16)14(20)21/h1-4,10-12,17-18H,5-7,15H2,(H,20,21)/t10-,11?,12-/m0/s1. The number of benzene rings is 1. The van der Waals surface area contributed by atoms with E-state index >= 15 is 0 Å². The number of phenols is 1. The maximum absolute atomic E-state index is 12.3. The molecule has 114 valence electrons. The highest BCUT2D eigenvalue weighted by atomic mass is 16.4. The van der Waals surface area contributed by atoms with E-state index in [4.69, 9.17) is 10.8 Å². The number of aliphatic hydroxyl groups excluding tert-OH is 1. The van der Waals surface area contributed by atoms with E-state index in [1.54, 1.807) is 12.1 Å². The fourth-order valence-corrected chi connectivity index (χ4v) is 2.48. The highest BCUT2D eigenvalue weighted by molar-refractivity contribution is 5.87. The first-order valence-corrected chi connectivity index (χ1v) is 6.63. The largest absolute Gasteiger partial charge is 0.508 e. The molecule has 1 aromatic rings. The smallest absolute Gasteiger partial charge is 0.326 e. The Morgan fingerprint density at radius 1 is 1.33 bits per heavy atom. The minimum absolute atomic E-state index is 0.0148. The number of hydrogen-bond donors (Lipinski definition) is 4. The second-order valence-corrected chi connectivity index (χ2v) is 5.21. The Morgan fingerprint density at radius 2 is 1.95 bits per heavy atom. The Kier molecular flexibility index (Phi) is 4.44. The number of likely N-dealkylation sites (tertiary alicyclic amines) is 1. The SMILES string of the molecule is NC(Cc1ccc(O)cc1)C(=O)N1C[C@@H](O)C[C@H]1C(=O)O. The number of nitrogens with zero attached hydrogens (tertiary/aromatic N) is 1. The van der Waals surface area contributed by atoms with Crippen LogP contribution in [0.3, 0.4) is 0 Å². The summed E-state index contributed by atoms with van der Waals surface area (Å²) in [7, 11) is 0. The maximum Gasteiger partial charge on any atom is 0.326 e. The summed E-state index contributed by atoms with van der Waals surface area (Å²) in [5.74, 6) is -1.52. The molecule has 21 heavy (non-hydrogen) atoms. The van der Waals surface area contributed by atoms with Gasteiger partial charge in [-0.3, -0.25) is 4.79 Å². The molecule has 1 aromatic carbocycles. The molecule has 1 aliphatic heterocycles. The lowest BCUT2D eigenvalue weighted by atomic mass is 10.0. The van der Waals surface area contributed by atoms with Crippen LogP contribution >= 0.6 is 0 Å². The average Bonchev–Trinajstić information content (AvgIpc) is 2.82. The highest BCUT2D eigenvalue weighted by Gasteiger charge is 2.40. The zero-order valence-electron chi connectivity index (χ0n) is 11.3. The Bertz CT molecular complexity index is 531. The van der Waals surface area contributed by atoms with E-state index in [2.05, 4.69) is 0 Å². The summed E-state index contributed by atoms with van der Waals surface area (Å²) >= 11 is 0. The number of rotatable bonds is 4. The summed E-state index contributed by atoms with van der Waals surface area (Å²) < 4.78 is 0. The van der Waals surface area contributed by atoms with Gasteiger partial charge >= 0.3 is 5.97 Å². The molecule has 1 heterocycles. The molecule has 0 spiro atoms. The molecule has 1 aliphatic rings. The molecule has 7 nitrogen and oxygen atoms in total. The Balaban J connectivity index is 2.04. The molecule has 0 aromatic heterocycles. The summed E-state index contributed by atoms with van der Waals surface area (Å²) in [4.78, 5) is 24.5. The van der Waals surface area contributed by atoms with E-state index < -0.39 is 30.1 Å². The van der Waals surface area contributed by atoms with E-state index in [-0.39, 0.29) is 25.1 Å². The molecular weight excluding hydrogens is 276 g/mol. The number of carboxylic acids is 1. The zero-order valence-corrected chi connectivity index (χ0v) is 11.3. The van der Waals surface area contributed by atoms with Crippen molar-refractivity contribution < 1.29 is 24.9 Å². The quantitative estimate of drug-likeness (QED) is 0.582. The van der Waals surface area contributed by atoms with Gasteiger partial charge in [-0.1, -0.05) is 12.1 Å². The predicted molar refractivity (Wildman–Crippen MR) is 73.5 cm³/mol. The van der Waals surface area contributed by atoms with Crippen molar-refractivity contribution in [2.45, 2.75) is 31.0 Å². The number of carbonyl (C=O) groups excluding carboxylic acids is 1. The van der Waals surface area contributed by atoms with E-state index in [0.29, 0.717) is 0 Å². The third kappa shape index (κ3) is 3.50. The lowest BCUT2D eigenvalue weighted by Gasteiger charge is -2.24. The Labute approximate surface area is 121 Å². The van der Waals surface area contributed by atoms with Gasteiger partial charge in [0.1, 0.15) is 11.8 Å². The van der Waals surface area contributed by atoms with Gasteiger partial charge in [0.05, 0.1) is 12.1 Å². The lowest BCUT2D eigenvalue weighted by molar-refractivity contribution is -0.148. The molecule has 0 aliphatic carbocycles. The maximum atomic E-state index is 12.3. The first kappa shape index (κ1) is 15.3. The number of aliphatic carboxylic acids is 1. The predicted octanol–water partition coefficient (Wildman–Crippen LogP) is -0.692. The second-order valence-electron chi connectivity index (χ2n) is 5.21. The monoisotopic (exact) mass is 294 g/mol. The minimum Gasteiger partial charge on any atom is -0.508 e. The Morgan fingerprint density at radius 3 is 2.52 bits per heavy atom. The van der Waals surface area contributed by atoms with E-state index in [9.17, 15) is 19.8 Å². The third-order valence-electron chi connectivity index (χ3n) is 3.56. The molecule has 7 heteroatoms. The summed E-state index contributed by atoms with van der Waals surface area (Å²) in [5, 5.41) is 27.8. The van der Waals surface area contributed by atoms with Gasteiger partial charge in [0, 0.05) is 13.0 Å². The van der Waals surface area contributed by atoms with Crippen LogP contribution in [0.5, 0.6) is 5.75 Å². The molecule has 1 saturated heterocycles. The number of hydrogen-bond acceptors (Lipinski definition) is 5. The average molecular weight is 294 g/mol. The number of aromatic hydroxyl groups is 1. The van der Waals surface area contributed by atoms with Crippen LogP contribution < -0.4 is 5.73 Å². The molecule has 1 amide bonds. The molecule has 2 rings (SSSR count). The van der Waals surface area contributed by atoms with Crippen molar-refractivity contribution in [3.63, 3.8) is 0 Å². The fourth-order valence-electron chi connectivity index (χ4n) is 2.48. The molecule has 0 bridgehead atoms. The molecule has 0 radical (unpaired) electrons. The molecule has 1 unspecified atom stereocenters. The highest BCUT2D eigenvalue weighted by Crippen LogP contribution is 2.20. The van der Waals surface area contributed by atoms with Gasteiger partial charge in [0.15, 0.2) is 0 Å². The van der Waals surface area contributed by atoms with Crippen LogP contribution in [0.4, 0.5) is 0 Å². The number of carbonyl (C=O) groups is 2. The minimum atomic E-state index is -1.14. The first-order chi connectivity index (χ1) is 9.88. The van der Waals surface area contributed by atoms with Gasteiger partial charge in [-0.05, 0) is 24.1 Å². The van der Waals surface area contributed by atoms with Crippen molar-refractivity contribution in [3.8, 4) is 5.75 Å². The number of phenolic OH excluding ortho intramolecular Hbond substituents is 1. The van der Waals surface area contributed by atoms with E-state index in [1.165, 1.54) is 12.1 Å². The van der Waals surface area contributed by atoms with Crippen molar-refractivity contribution in [1.82, 2.24) is 4.90 Å². The summed E-state index contributed by atoms with van der Waals surface area (Å²) in [5.41, 5.74) is 6.61. The van der Waals surface area contributed by atoms with Crippen LogP contribution in [0.1, 0.15) is 12.0 Å². The van der Waals surface area contributed by atoms with Crippen molar-refractivity contribution in [1.29, 1.82) is 0 Å². The normalized spacial score (nSPS) is 23.0. The van der Waals surface area contributed by atoms with Gasteiger partial charge < -0.3 is 26.0 Å². The molecule has 3 atom stereocenters. The topological polar surface area (TPSA) is 124 Å². The van der Waals surface area contributed by atoms with Crippen LogP contribution in [0.2, 0.25) is 0 Å². The number of nitrogens with two attached hydrogens (primary N) is 1. The first-order valence-electron chi connectivity index (χ1n) is 6.63. The fraction of sp³-hybridized carbons (Fsp3) is 0.429. The lowest BCUT2D eigenvalue weighted by Crippen LogP contribution is -2.49. The van der Waals surface area contributed by atoms with Crippen molar-refractivity contribution in [2.24, 2.45) is 5.73 Å².